The fourth-order valence-corrected chi connectivity index (χ4v) is 3.23. The zero-order valence-corrected chi connectivity index (χ0v) is 10.5. The highest BCUT2D eigenvalue weighted by atomic mass is 32.2. The Balaban J connectivity index is 2.26. The fraction of sp³-hybridized carbons (Fsp3) is 0.417. The van der Waals surface area contributed by atoms with E-state index >= 15 is 0 Å². The van der Waals surface area contributed by atoms with Crippen molar-refractivity contribution in [3.63, 3.8) is 0 Å². The van der Waals surface area contributed by atoms with E-state index in [9.17, 15) is 17.6 Å². The Morgan fingerprint density at radius 1 is 1.39 bits per heavy atom. The highest BCUT2D eigenvalue weighted by Crippen LogP contribution is 2.24. The molecule has 0 amide bonds. The van der Waals surface area contributed by atoms with Gasteiger partial charge in [0.2, 0.25) is 0 Å². The molecule has 1 aliphatic heterocycles. The molecular weight excluding hydrogens is 259 g/mol. The Kier molecular flexibility index (Phi) is 3.77. The molecule has 1 saturated heterocycles. The van der Waals surface area contributed by atoms with Gasteiger partial charge in [0.15, 0.2) is 9.84 Å². The van der Waals surface area contributed by atoms with E-state index in [1.807, 2.05) is 0 Å². The molecule has 1 aromatic carbocycles. The number of aldehydes is 1. The molecule has 0 atom stereocenters. The molecule has 98 valence electrons. The van der Waals surface area contributed by atoms with Crippen molar-refractivity contribution >= 4 is 16.1 Å². The van der Waals surface area contributed by atoms with Gasteiger partial charge in [0.05, 0.1) is 13.2 Å². The van der Waals surface area contributed by atoms with E-state index in [1.54, 1.807) is 6.07 Å². The van der Waals surface area contributed by atoms with Crippen LogP contribution in [0.1, 0.15) is 12.0 Å². The summed E-state index contributed by atoms with van der Waals surface area (Å²) in [6.45, 7) is 0.239. The van der Waals surface area contributed by atoms with Crippen LogP contribution in [-0.4, -0.2) is 33.2 Å². The zero-order chi connectivity index (χ0) is 13.2. The lowest BCUT2D eigenvalue weighted by Crippen LogP contribution is -2.40. The van der Waals surface area contributed by atoms with Crippen molar-refractivity contribution in [2.24, 2.45) is 0 Å². The molecule has 0 aromatic heterocycles. The summed E-state index contributed by atoms with van der Waals surface area (Å²) >= 11 is 0. The molecule has 1 aliphatic rings. The molecule has 4 nitrogen and oxygen atoms in total. The van der Waals surface area contributed by atoms with Crippen molar-refractivity contribution < 1.29 is 22.3 Å². The van der Waals surface area contributed by atoms with Crippen LogP contribution in [-0.2, 0) is 25.8 Å². The van der Waals surface area contributed by atoms with Crippen molar-refractivity contribution in [3.05, 3.63) is 29.6 Å². The van der Waals surface area contributed by atoms with E-state index in [0.717, 1.165) is 6.29 Å². The van der Waals surface area contributed by atoms with Crippen LogP contribution in [0, 0.1) is 5.82 Å². The molecule has 0 N–H and O–H groups in total. The summed E-state index contributed by atoms with van der Waals surface area (Å²) < 4.78 is 42.6. The van der Waals surface area contributed by atoms with Crippen LogP contribution in [0.5, 0.6) is 0 Å². The van der Waals surface area contributed by atoms with Crippen molar-refractivity contribution in [3.8, 4) is 0 Å². The number of halogens is 1. The first-order valence-corrected chi connectivity index (χ1v) is 7.14. The Bertz CT molecular complexity index is 549. The summed E-state index contributed by atoms with van der Waals surface area (Å²) in [6, 6.07) is 3.98. The first-order valence-electron chi connectivity index (χ1n) is 5.59. The van der Waals surface area contributed by atoms with E-state index in [0.29, 0.717) is 18.4 Å². The normalized spacial score (nSPS) is 16.3. The predicted octanol–water partition coefficient (Wildman–Crippen LogP) is 1.13. The van der Waals surface area contributed by atoms with E-state index in [2.05, 4.69) is 0 Å². The Labute approximate surface area is 105 Å². The SMILES string of the molecule is O=CCCc1ccc(S(=O)(=O)C2COC2)c(F)c1. The molecule has 0 unspecified atom stereocenters. The molecule has 1 fully saturated rings. The molecule has 0 spiro atoms. The highest BCUT2D eigenvalue weighted by Gasteiger charge is 2.35. The summed E-state index contributed by atoms with van der Waals surface area (Å²) in [5.74, 6) is -0.759. The molecule has 18 heavy (non-hydrogen) atoms. The molecule has 0 radical (unpaired) electrons. The fourth-order valence-electron chi connectivity index (χ4n) is 1.73. The first kappa shape index (κ1) is 13.2. The number of ether oxygens (including phenoxy) is 1. The summed E-state index contributed by atoms with van der Waals surface area (Å²) in [7, 11) is -3.64. The van der Waals surface area contributed by atoms with Gasteiger partial charge in [-0.1, -0.05) is 6.07 Å². The number of hydrogen-bond donors (Lipinski definition) is 0. The van der Waals surface area contributed by atoms with Gasteiger partial charge in [0.1, 0.15) is 22.2 Å². The Morgan fingerprint density at radius 2 is 2.11 bits per heavy atom. The monoisotopic (exact) mass is 272 g/mol. The second kappa shape index (κ2) is 5.16. The third kappa shape index (κ3) is 2.44. The summed E-state index contributed by atoms with van der Waals surface area (Å²) in [5, 5.41) is -0.646. The molecule has 6 heteroatoms. The van der Waals surface area contributed by atoms with Crippen molar-refractivity contribution in [1.29, 1.82) is 0 Å². The predicted molar refractivity (Wildman–Crippen MR) is 62.6 cm³/mol. The standard InChI is InChI=1S/C12H13FO4S/c13-11-6-9(2-1-5-14)3-4-12(11)18(15,16)10-7-17-8-10/h3-6,10H,1-2,7-8H2. The third-order valence-electron chi connectivity index (χ3n) is 2.90. The number of hydrogen-bond acceptors (Lipinski definition) is 4. The molecule has 2 rings (SSSR count). The summed E-state index contributed by atoms with van der Waals surface area (Å²) in [6.07, 6.45) is 1.45. The van der Waals surface area contributed by atoms with Gasteiger partial charge in [-0.15, -0.1) is 0 Å². The minimum atomic E-state index is -3.64. The average Bonchev–Trinajstić information content (AvgIpc) is 2.22. The van der Waals surface area contributed by atoms with Gasteiger partial charge in [-0.25, -0.2) is 12.8 Å². The topological polar surface area (TPSA) is 60.4 Å². The van der Waals surface area contributed by atoms with Gasteiger partial charge in [-0.2, -0.15) is 0 Å². The minimum Gasteiger partial charge on any atom is -0.379 e. The smallest absolute Gasteiger partial charge is 0.188 e. The molecular formula is C12H13FO4S. The molecule has 1 aromatic rings. The van der Waals surface area contributed by atoms with Crippen molar-refractivity contribution in [2.45, 2.75) is 23.0 Å². The summed E-state index contributed by atoms with van der Waals surface area (Å²) in [4.78, 5) is 9.94. The van der Waals surface area contributed by atoms with E-state index in [-0.39, 0.29) is 18.1 Å². The first-order chi connectivity index (χ1) is 8.55. The van der Waals surface area contributed by atoms with Crippen LogP contribution in [0.25, 0.3) is 0 Å². The summed E-state index contributed by atoms with van der Waals surface area (Å²) in [5.41, 5.74) is 0.614. The number of benzene rings is 1. The molecule has 0 bridgehead atoms. The lowest BCUT2D eigenvalue weighted by Gasteiger charge is -2.25. The number of sulfone groups is 1. The molecule has 1 heterocycles. The van der Waals surface area contributed by atoms with Crippen LogP contribution in [0.4, 0.5) is 4.39 Å². The maximum atomic E-state index is 13.8. The number of rotatable bonds is 5. The van der Waals surface area contributed by atoms with E-state index < -0.39 is 20.9 Å². The average molecular weight is 272 g/mol. The Morgan fingerprint density at radius 3 is 2.61 bits per heavy atom. The van der Waals surface area contributed by atoms with Crippen LogP contribution in [0.3, 0.4) is 0 Å². The van der Waals surface area contributed by atoms with E-state index in [4.69, 9.17) is 4.74 Å². The molecule has 0 aliphatic carbocycles. The number of carbonyl (C=O) groups excluding carboxylic acids is 1. The van der Waals surface area contributed by atoms with Crippen LogP contribution in [0.2, 0.25) is 0 Å². The van der Waals surface area contributed by atoms with Crippen LogP contribution >= 0.6 is 0 Å². The van der Waals surface area contributed by atoms with Crippen LogP contribution < -0.4 is 0 Å². The van der Waals surface area contributed by atoms with Crippen LogP contribution in [0.15, 0.2) is 23.1 Å². The van der Waals surface area contributed by atoms with Gasteiger partial charge in [-0.05, 0) is 24.1 Å². The number of carbonyl (C=O) groups is 1. The third-order valence-corrected chi connectivity index (χ3v) is 4.99. The Hall–Kier alpha value is -1.27. The maximum absolute atomic E-state index is 13.8. The van der Waals surface area contributed by atoms with Gasteiger partial charge in [-0.3, -0.25) is 0 Å². The van der Waals surface area contributed by atoms with Crippen molar-refractivity contribution in [2.75, 3.05) is 13.2 Å². The second-order valence-corrected chi connectivity index (χ2v) is 6.37. The van der Waals surface area contributed by atoms with Gasteiger partial charge < -0.3 is 9.53 Å². The van der Waals surface area contributed by atoms with Gasteiger partial charge in [0, 0.05) is 6.42 Å². The second-order valence-electron chi connectivity index (χ2n) is 4.17. The number of aryl methyl sites for hydroxylation is 1. The lowest BCUT2D eigenvalue weighted by atomic mass is 10.1. The van der Waals surface area contributed by atoms with Crippen molar-refractivity contribution in [1.82, 2.24) is 0 Å². The quantitative estimate of drug-likeness (QED) is 0.754. The van der Waals surface area contributed by atoms with Gasteiger partial charge in [0.25, 0.3) is 0 Å². The van der Waals surface area contributed by atoms with Gasteiger partial charge >= 0.3 is 0 Å². The van der Waals surface area contributed by atoms with E-state index in [1.165, 1.54) is 12.1 Å². The zero-order valence-electron chi connectivity index (χ0n) is 9.63. The maximum Gasteiger partial charge on any atom is 0.188 e. The lowest BCUT2D eigenvalue weighted by molar-refractivity contribution is -0.107. The highest BCUT2D eigenvalue weighted by molar-refractivity contribution is 7.92. The minimum absolute atomic E-state index is 0.120. The molecule has 0 saturated carbocycles. The largest absolute Gasteiger partial charge is 0.379 e.